The van der Waals surface area contributed by atoms with E-state index in [2.05, 4.69) is 18.2 Å². The molecule has 0 radical (unpaired) electrons. The molecule has 1 fully saturated rings. The number of nitrogens with two attached hydrogens (primary N) is 1. The first-order valence-electron chi connectivity index (χ1n) is 6.85. The molecule has 3 atom stereocenters. The van der Waals surface area contributed by atoms with Crippen LogP contribution in [0.15, 0.2) is 18.2 Å². The number of fused-ring (bicyclic) bond motifs is 1. The molecule has 3 unspecified atom stereocenters. The highest BCUT2D eigenvalue weighted by atomic mass is 16.5. The molecule has 3 heteroatoms. The van der Waals surface area contributed by atoms with Gasteiger partial charge in [-0.25, -0.2) is 0 Å². The van der Waals surface area contributed by atoms with Gasteiger partial charge in [0.05, 0.1) is 0 Å². The van der Waals surface area contributed by atoms with Crippen molar-refractivity contribution >= 4 is 0 Å². The minimum absolute atomic E-state index is 0.0426. The minimum Gasteiger partial charge on any atom is -0.488 e. The van der Waals surface area contributed by atoms with E-state index in [1.54, 1.807) is 7.11 Å². The first kappa shape index (κ1) is 12.0. The standard InChI is InChI=1S/C15H21NO2/c1-17-15-13(16)9-14(15)18-12-7-6-10-4-2-3-5-11(10)8-12/h6-8,13-15H,2-5,9,16H2,1H3. The highest BCUT2D eigenvalue weighted by molar-refractivity contribution is 5.37. The lowest BCUT2D eigenvalue weighted by Crippen LogP contribution is -2.59. The summed E-state index contributed by atoms with van der Waals surface area (Å²) in [7, 11) is 1.70. The summed E-state index contributed by atoms with van der Waals surface area (Å²) in [6, 6.07) is 6.62. The number of ether oxygens (including phenoxy) is 2. The third-order valence-corrected chi connectivity index (χ3v) is 4.17. The molecular formula is C15H21NO2. The van der Waals surface area contributed by atoms with Crippen LogP contribution < -0.4 is 10.5 Å². The Hall–Kier alpha value is -1.06. The van der Waals surface area contributed by atoms with Gasteiger partial charge in [0.25, 0.3) is 0 Å². The molecule has 18 heavy (non-hydrogen) atoms. The lowest BCUT2D eigenvalue weighted by Gasteiger charge is -2.41. The predicted molar refractivity (Wildman–Crippen MR) is 70.9 cm³/mol. The van der Waals surface area contributed by atoms with Gasteiger partial charge >= 0.3 is 0 Å². The Kier molecular flexibility index (Phi) is 3.27. The second kappa shape index (κ2) is 4.90. The Morgan fingerprint density at radius 2 is 1.94 bits per heavy atom. The molecule has 2 N–H and O–H groups in total. The van der Waals surface area contributed by atoms with Gasteiger partial charge in [-0.05, 0) is 48.9 Å². The molecule has 0 amide bonds. The molecule has 3 rings (SSSR count). The lowest BCUT2D eigenvalue weighted by molar-refractivity contribution is -0.0782. The highest BCUT2D eigenvalue weighted by Crippen LogP contribution is 2.30. The van der Waals surface area contributed by atoms with Gasteiger partial charge in [-0.3, -0.25) is 0 Å². The van der Waals surface area contributed by atoms with Crippen LogP contribution in [0, 0.1) is 0 Å². The average molecular weight is 247 g/mol. The number of hydrogen-bond donors (Lipinski definition) is 1. The Labute approximate surface area is 108 Å². The van der Waals surface area contributed by atoms with Gasteiger partial charge in [0.1, 0.15) is 18.0 Å². The summed E-state index contributed by atoms with van der Waals surface area (Å²) in [4.78, 5) is 0. The van der Waals surface area contributed by atoms with Crippen LogP contribution in [0.4, 0.5) is 0 Å². The number of hydrogen-bond acceptors (Lipinski definition) is 3. The molecule has 0 bridgehead atoms. The highest BCUT2D eigenvalue weighted by Gasteiger charge is 2.40. The third kappa shape index (κ3) is 2.13. The first-order valence-corrected chi connectivity index (χ1v) is 6.85. The molecule has 2 aliphatic rings. The molecule has 0 saturated heterocycles. The Morgan fingerprint density at radius 1 is 1.17 bits per heavy atom. The van der Waals surface area contributed by atoms with E-state index in [0.29, 0.717) is 0 Å². The molecule has 0 aliphatic heterocycles. The summed E-state index contributed by atoms with van der Waals surface area (Å²) in [5, 5.41) is 0. The minimum atomic E-state index is 0.0426. The normalized spacial score (nSPS) is 30.4. The smallest absolute Gasteiger partial charge is 0.128 e. The van der Waals surface area contributed by atoms with E-state index in [-0.39, 0.29) is 18.2 Å². The zero-order valence-electron chi connectivity index (χ0n) is 10.9. The van der Waals surface area contributed by atoms with Crippen LogP contribution in [-0.2, 0) is 17.6 Å². The molecule has 1 aromatic rings. The summed E-state index contributed by atoms with van der Waals surface area (Å²) in [5.41, 5.74) is 8.83. The van der Waals surface area contributed by atoms with Crippen LogP contribution in [0.2, 0.25) is 0 Å². The lowest BCUT2D eigenvalue weighted by atomic mass is 9.86. The van der Waals surface area contributed by atoms with Crippen molar-refractivity contribution in [3.63, 3.8) is 0 Å². The predicted octanol–water partition coefficient (Wildman–Crippen LogP) is 2.06. The summed E-state index contributed by atoms with van der Waals surface area (Å²) in [6.07, 6.45) is 6.06. The molecule has 0 heterocycles. The average Bonchev–Trinajstić information content (AvgIpc) is 2.38. The van der Waals surface area contributed by atoms with Crippen molar-refractivity contribution in [2.75, 3.05) is 7.11 Å². The second-order valence-electron chi connectivity index (χ2n) is 5.39. The van der Waals surface area contributed by atoms with Gasteiger partial charge < -0.3 is 15.2 Å². The van der Waals surface area contributed by atoms with Crippen molar-refractivity contribution in [3.8, 4) is 5.75 Å². The quantitative estimate of drug-likeness (QED) is 0.889. The van der Waals surface area contributed by atoms with Crippen LogP contribution in [-0.4, -0.2) is 25.4 Å². The van der Waals surface area contributed by atoms with E-state index in [1.807, 2.05) is 0 Å². The van der Waals surface area contributed by atoms with Crippen molar-refractivity contribution in [2.24, 2.45) is 5.73 Å². The largest absolute Gasteiger partial charge is 0.488 e. The first-order chi connectivity index (χ1) is 8.78. The van der Waals surface area contributed by atoms with Crippen LogP contribution in [0.25, 0.3) is 0 Å². The van der Waals surface area contributed by atoms with Crippen molar-refractivity contribution in [1.29, 1.82) is 0 Å². The van der Waals surface area contributed by atoms with E-state index in [1.165, 1.54) is 36.8 Å². The molecule has 3 nitrogen and oxygen atoms in total. The van der Waals surface area contributed by atoms with E-state index in [0.717, 1.165) is 12.2 Å². The zero-order valence-corrected chi connectivity index (χ0v) is 10.9. The SMILES string of the molecule is COC1C(N)CC1Oc1ccc2c(c1)CCCC2. The summed E-state index contributed by atoms with van der Waals surface area (Å²) in [5.74, 6) is 0.967. The van der Waals surface area contributed by atoms with E-state index < -0.39 is 0 Å². The van der Waals surface area contributed by atoms with Gasteiger partial charge in [0.2, 0.25) is 0 Å². The van der Waals surface area contributed by atoms with Gasteiger partial charge in [0, 0.05) is 19.6 Å². The number of methoxy groups -OCH3 is 1. The van der Waals surface area contributed by atoms with Gasteiger partial charge in [-0.1, -0.05) is 6.07 Å². The number of aryl methyl sites for hydroxylation is 2. The zero-order chi connectivity index (χ0) is 12.5. The van der Waals surface area contributed by atoms with Crippen LogP contribution in [0.1, 0.15) is 30.4 Å². The summed E-state index contributed by atoms with van der Waals surface area (Å²) in [6.45, 7) is 0. The summed E-state index contributed by atoms with van der Waals surface area (Å²) >= 11 is 0. The maximum Gasteiger partial charge on any atom is 0.128 e. The maximum absolute atomic E-state index is 5.99. The third-order valence-electron chi connectivity index (χ3n) is 4.17. The van der Waals surface area contributed by atoms with Crippen LogP contribution in [0.5, 0.6) is 5.75 Å². The fourth-order valence-corrected chi connectivity index (χ4v) is 3.02. The Morgan fingerprint density at radius 3 is 2.67 bits per heavy atom. The van der Waals surface area contributed by atoms with Crippen LogP contribution in [0.3, 0.4) is 0 Å². The van der Waals surface area contributed by atoms with Crippen molar-refractivity contribution in [2.45, 2.75) is 50.4 Å². The molecule has 1 aromatic carbocycles. The Balaban J connectivity index is 1.70. The van der Waals surface area contributed by atoms with Gasteiger partial charge in [-0.15, -0.1) is 0 Å². The molecule has 1 saturated carbocycles. The van der Waals surface area contributed by atoms with Crippen molar-refractivity contribution in [1.82, 2.24) is 0 Å². The maximum atomic E-state index is 5.99. The molecule has 0 aromatic heterocycles. The molecule has 2 aliphatic carbocycles. The van der Waals surface area contributed by atoms with E-state index in [9.17, 15) is 0 Å². The fraction of sp³-hybridized carbons (Fsp3) is 0.600. The van der Waals surface area contributed by atoms with Gasteiger partial charge in [0.15, 0.2) is 0 Å². The van der Waals surface area contributed by atoms with E-state index in [4.69, 9.17) is 15.2 Å². The van der Waals surface area contributed by atoms with Gasteiger partial charge in [-0.2, -0.15) is 0 Å². The van der Waals surface area contributed by atoms with E-state index >= 15 is 0 Å². The van der Waals surface area contributed by atoms with Crippen molar-refractivity contribution in [3.05, 3.63) is 29.3 Å². The fourth-order valence-electron chi connectivity index (χ4n) is 3.02. The Bertz CT molecular complexity index is 433. The molecular weight excluding hydrogens is 226 g/mol. The topological polar surface area (TPSA) is 44.5 Å². The molecule has 0 spiro atoms. The molecule has 98 valence electrons. The van der Waals surface area contributed by atoms with Crippen LogP contribution >= 0.6 is 0 Å². The number of benzene rings is 1. The number of rotatable bonds is 3. The monoisotopic (exact) mass is 247 g/mol. The van der Waals surface area contributed by atoms with Crippen molar-refractivity contribution < 1.29 is 9.47 Å². The second-order valence-corrected chi connectivity index (χ2v) is 5.39. The summed E-state index contributed by atoms with van der Waals surface area (Å²) < 4.78 is 11.3.